The van der Waals surface area contributed by atoms with Crippen LogP contribution in [0.5, 0.6) is 11.5 Å². The molecule has 0 radical (unpaired) electrons. The van der Waals surface area contributed by atoms with Crippen LogP contribution in [0.25, 0.3) is 6.08 Å². The monoisotopic (exact) mass is 234 g/mol. The lowest BCUT2D eigenvalue weighted by molar-refractivity contribution is -0.131. The van der Waals surface area contributed by atoms with Crippen LogP contribution in [-0.2, 0) is 4.79 Å². The van der Waals surface area contributed by atoms with Gasteiger partial charge in [0.1, 0.15) is 0 Å². The second kappa shape index (κ2) is 6.37. The molecule has 0 aromatic heterocycles. The van der Waals surface area contributed by atoms with Gasteiger partial charge >= 0.3 is 5.97 Å². The van der Waals surface area contributed by atoms with E-state index < -0.39 is 5.97 Å². The SMILES string of the molecule is COc1cccc(/C=C/C=C/C(=O)O)c1OC. The molecule has 0 unspecified atom stereocenters. The molecule has 1 aromatic carbocycles. The summed E-state index contributed by atoms with van der Waals surface area (Å²) < 4.78 is 10.4. The third kappa shape index (κ3) is 3.68. The van der Waals surface area contributed by atoms with Gasteiger partial charge in [-0.1, -0.05) is 30.4 Å². The molecule has 1 rings (SSSR count). The molecule has 0 bridgehead atoms. The number of carboxylic acid groups (broad SMARTS) is 1. The van der Waals surface area contributed by atoms with Crippen LogP contribution >= 0.6 is 0 Å². The Morgan fingerprint density at radius 2 is 2.00 bits per heavy atom. The molecule has 0 atom stereocenters. The number of carboxylic acids is 1. The predicted octanol–water partition coefficient (Wildman–Crippen LogP) is 2.36. The van der Waals surface area contributed by atoms with Crippen LogP contribution in [0.2, 0.25) is 0 Å². The van der Waals surface area contributed by atoms with Crippen LogP contribution in [0.3, 0.4) is 0 Å². The highest BCUT2D eigenvalue weighted by Gasteiger charge is 2.05. The van der Waals surface area contributed by atoms with Gasteiger partial charge in [0, 0.05) is 11.6 Å². The fourth-order valence-electron chi connectivity index (χ4n) is 1.34. The first-order valence-electron chi connectivity index (χ1n) is 4.97. The van der Waals surface area contributed by atoms with Gasteiger partial charge in [-0.3, -0.25) is 0 Å². The average Bonchev–Trinajstić information content (AvgIpc) is 2.33. The van der Waals surface area contributed by atoms with Crippen LogP contribution in [0.1, 0.15) is 5.56 Å². The van der Waals surface area contributed by atoms with Crippen molar-refractivity contribution in [2.75, 3.05) is 14.2 Å². The standard InChI is InChI=1S/C13H14O4/c1-16-11-8-5-7-10(13(11)17-2)6-3-4-9-12(14)15/h3-9H,1-2H3,(H,14,15)/b6-3+,9-4+. The predicted molar refractivity (Wildman–Crippen MR) is 65.4 cm³/mol. The zero-order chi connectivity index (χ0) is 12.7. The van der Waals surface area contributed by atoms with Crippen LogP contribution < -0.4 is 9.47 Å². The van der Waals surface area contributed by atoms with Crippen molar-refractivity contribution in [3.05, 3.63) is 42.0 Å². The largest absolute Gasteiger partial charge is 0.493 e. The number of para-hydroxylation sites is 1. The van der Waals surface area contributed by atoms with Gasteiger partial charge in [-0.05, 0) is 6.07 Å². The van der Waals surface area contributed by atoms with E-state index in [1.165, 1.54) is 6.08 Å². The Morgan fingerprint density at radius 3 is 2.59 bits per heavy atom. The fraction of sp³-hybridized carbons (Fsp3) is 0.154. The van der Waals surface area contributed by atoms with E-state index in [2.05, 4.69) is 0 Å². The van der Waals surface area contributed by atoms with E-state index in [0.29, 0.717) is 11.5 Å². The summed E-state index contributed by atoms with van der Waals surface area (Å²) >= 11 is 0. The van der Waals surface area contributed by atoms with Gasteiger partial charge < -0.3 is 14.6 Å². The molecule has 0 saturated carbocycles. The van der Waals surface area contributed by atoms with E-state index in [-0.39, 0.29) is 0 Å². The fourth-order valence-corrected chi connectivity index (χ4v) is 1.34. The lowest BCUT2D eigenvalue weighted by Gasteiger charge is -2.09. The maximum absolute atomic E-state index is 10.3. The number of methoxy groups -OCH3 is 2. The van der Waals surface area contributed by atoms with Crippen molar-refractivity contribution in [2.24, 2.45) is 0 Å². The smallest absolute Gasteiger partial charge is 0.328 e. The van der Waals surface area contributed by atoms with E-state index in [9.17, 15) is 4.79 Å². The van der Waals surface area contributed by atoms with E-state index in [1.54, 1.807) is 32.4 Å². The molecule has 4 nitrogen and oxygen atoms in total. The van der Waals surface area contributed by atoms with Gasteiger partial charge in [-0.15, -0.1) is 0 Å². The van der Waals surface area contributed by atoms with Crippen LogP contribution in [0, 0.1) is 0 Å². The third-order valence-corrected chi connectivity index (χ3v) is 2.06. The number of ether oxygens (including phenoxy) is 2. The summed E-state index contributed by atoms with van der Waals surface area (Å²) in [6.07, 6.45) is 5.89. The van der Waals surface area contributed by atoms with E-state index in [0.717, 1.165) is 11.6 Å². The first-order valence-corrected chi connectivity index (χ1v) is 4.97. The van der Waals surface area contributed by atoms with Gasteiger partial charge in [-0.2, -0.15) is 0 Å². The zero-order valence-corrected chi connectivity index (χ0v) is 9.71. The molecule has 0 spiro atoms. The van der Waals surface area contributed by atoms with Crippen molar-refractivity contribution in [1.29, 1.82) is 0 Å². The van der Waals surface area contributed by atoms with Crippen LogP contribution in [0.4, 0.5) is 0 Å². The topological polar surface area (TPSA) is 55.8 Å². The minimum Gasteiger partial charge on any atom is -0.493 e. The number of benzene rings is 1. The molecule has 4 heteroatoms. The average molecular weight is 234 g/mol. The first-order chi connectivity index (χ1) is 8.19. The number of allylic oxidation sites excluding steroid dienone is 2. The third-order valence-electron chi connectivity index (χ3n) is 2.06. The molecular formula is C13H14O4. The van der Waals surface area contributed by atoms with Gasteiger partial charge in [0.05, 0.1) is 14.2 Å². The molecule has 0 saturated heterocycles. The Kier molecular flexibility index (Phi) is 4.81. The number of hydrogen-bond donors (Lipinski definition) is 1. The second-order valence-electron chi connectivity index (χ2n) is 3.14. The summed E-state index contributed by atoms with van der Waals surface area (Å²) in [5, 5.41) is 8.43. The molecule has 1 aromatic rings. The molecule has 0 heterocycles. The highest BCUT2D eigenvalue weighted by atomic mass is 16.5. The molecule has 17 heavy (non-hydrogen) atoms. The molecule has 90 valence electrons. The number of aliphatic carboxylic acids is 1. The molecule has 0 aliphatic heterocycles. The van der Waals surface area contributed by atoms with Gasteiger partial charge in [0.25, 0.3) is 0 Å². The maximum Gasteiger partial charge on any atom is 0.328 e. The Balaban J connectivity index is 2.94. The van der Waals surface area contributed by atoms with Crippen molar-refractivity contribution >= 4 is 12.0 Å². The molecule has 0 aliphatic carbocycles. The van der Waals surface area contributed by atoms with Crippen molar-refractivity contribution in [2.45, 2.75) is 0 Å². The summed E-state index contributed by atoms with van der Waals surface area (Å²) in [5.74, 6) is 0.277. The Bertz CT molecular complexity index is 447. The van der Waals surface area contributed by atoms with Gasteiger partial charge in [0.2, 0.25) is 0 Å². The number of carbonyl (C=O) groups is 1. The van der Waals surface area contributed by atoms with Gasteiger partial charge in [0.15, 0.2) is 11.5 Å². The molecule has 0 fully saturated rings. The highest BCUT2D eigenvalue weighted by Crippen LogP contribution is 2.31. The first kappa shape index (κ1) is 12.8. The van der Waals surface area contributed by atoms with E-state index in [4.69, 9.17) is 14.6 Å². The second-order valence-corrected chi connectivity index (χ2v) is 3.14. The summed E-state index contributed by atoms with van der Waals surface area (Å²) in [6.45, 7) is 0. The van der Waals surface area contributed by atoms with Crippen molar-refractivity contribution in [1.82, 2.24) is 0 Å². The Hall–Kier alpha value is -2.23. The Labute approximate surface area is 99.8 Å². The summed E-state index contributed by atoms with van der Waals surface area (Å²) in [6, 6.07) is 5.48. The summed E-state index contributed by atoms with van der Waals surface area (Å²) in [5.41, 5.74) is 0.821. The number of hydrogen-bond acceptors (Lipinski definition) is 3. The lowest BCUT2D eigenvalue weighted by atomic mass is 10.1. The van der Waals surface area contributed by atoms with Crippen molar-refractivity contribution < 1.29 is 19.4 Å². The molecule has 0 aliphatic rings. The van der Waals surface area contributed by atoms with Crippen LogP contribution in [0.15, 0.2) is 36.4 Å². The Morgan fingerprint density at radius 1 is 1.24 bits per heavy atom. The lowest BCUT2D eigenvalue weighted by Crippen LogP contribution is -1.92. The minimum atomic E-state index is -0.979. The van der Waals surface area contributed by atoms with E-state index >= 15 is 0 Å². The zero-order valence-electron chi connectivity index (χ0n) is 9.71. The summed E-state index contributed by atoms with van der Waals surface area (Å²) in [7, 11) is 3.12. The molecule has 1 N–H and O–H groups in total. The quantitative estimate of drug-likeness (QED) is 0.627. The van der Waals surface area contributed by atoms with Gasteiger partial charge in [-0.25, -0.2) is 4.79 Å². The van der Waals surface area contributed by atoms with Crippen LogP contribution in [-0.4, -0.2) is 25.3 Å². The number of rotatable bonds is 5. The summed E-state index contributed by atoms with van der Waals surface area (Å²) in [4.78, 5) is 10.3. The highest BCUT2D eigenvalue weighted by molar-refractivity contribution is 5.80. The van der Waals surface area contributed by atoms with Crippen molar-refractivity contribution in [3.8, 4) is 11.5 Å². The van der Waals surface area contributed by atoms with Crippen molar-refractivity contribution in [3.63, 3.8) is 0 Å². The molecule has 0 amide bonds. The normalized spacial score (nSPS) is 10.9. The maximum atomic E-state index is 10.3. The minimum absolute atomic E-state index is 0.620. The molecular weight excluding hydrogens is 220 g/mol. The van der Waals surface area contributed by atoms with E-state index in [1.807, 2.05) is 12.1 Å².